The standard InChI is InChI=1S/C22H19N3O5/c1-14-9-20(25(24-14)16-5-3-2-4-6-16)23-21(27)13-30-22(28)10-15-12-29-19-11-17(26)7-8-18(15)19/h2-9,11-12,26H,10,13H2,1H3,(H,23,27). The highest BCUT2D eigenvalue weighted by Gasteiger charge is 2.15. The molecule has 2 aromatic heterocycles. The summed E-state index contributed by atoms with van der Waals surface area (Å²) in [6, 6.07) is 15.8. The molecule has 0 saturated heterocycles. The SMILES string of the molecule is Cc1cc(NC(=O)COC(=O)Cc2coc3cc(O)ccc23)n(-c2ccccc2)n1. The van der Waals surface area contributed by atoms with Crippen molar-refractivity contribution in [3.63, 3.8) is 0 Å². The Balaban J connectivity index is 1.37. The Hall–Kier alpha value is -4.07. The molecule has 0 aliphatic heterocycles. The maximum absolute atomic E-state index is 12.3. The van der Waals surface area contributed by atoms with Gasteiger partial charge in [0, 0.05) is 23.1 Å². The number of aromatic hydroxyl groups is 1. The highest BCUT2D eigenvalue weighted by Crippen LogP contribution is 2.25. The molecule has 2 N–H and O–H groups in total. The number of benzene rings is 2. The summed E-state index contributed by atoms with van der Waals surface area (Å²) in [5.74, 6) is -0.468. The first-order valence-electron chi connectivity index (χ1n) is 9.26. The van der Waals surface area contributed by atoms with Crippen LogP contribution in [0.2, 0.25) is 0 Å². The summed E-state index contributed by atoms with van der Waals surface area (Å²) < 4.78 is 12.1. The van der Waals surface area contributed by atoms with Gasteiger partial charge in [-0.25, -0.2) is 4.68 Å². The van der Waals surface area contributed by atoms with Crippen LogP contribution in [0.3, 0.4) is 0 Å². The molecule has 8 nitrogen and oxygen atoms in total. The summed E-state index contributed by atoms with van der Waals surface area (Å²) in [6.45, 7) is 1.40. The Morgan fingerprint density at radius 2 is 1.97 bits per heavy atom. The third-order valence-corrected chi connectivity index (χ3v) is 4.44. The van der Waals surface area contributed by atoms with E-state index in [-0.39, 0.29) is 12.2 Å². The van der Waals surface area contributed by atoms with Gasteiger partial charge < -0.3 is 19.6 Å². The van der Waals surface area contributed by atoms with Gasteiger partial charge in [-0.05, 0) is 31.2 Å². The van der Waals surface area contributed by atoms with Gasteiger partial charge in [-0.15, -0.1) is 0 Å². The molecule has 8 heteroatoms. The van der Waals surface area contributed by atoms with Gasteiger partial charge in [0.2, 0.25) is 0 Å². The number of para-hydroxylation sites is 1. The normalized spacial score (nSPS) is 10.8. The number of carbonyl (C=O) groups is 2. The Labute approximate surface area is 171 Å². The molecule has 30 heavy (non-hydrogen) atoms. The number of amides is 1. The number of hydrogen-bond donors (Lipinski definition) is 2. The molecule has 2 aromatic carbocycles. The average Bonchev–Trinajstić information content (AvgIpc) is 3.29. The van der Waals surface area contributed by atoms with Crippen molar-refractivity contribution < 1.29 is 23.8 Å². The number of rotatable bonds is 6. The molecule has 0 spiro atoms. The summed E-state index contributed by atoms with van der Waals surface area (Å²) >= 11 is 0. The smallest absolute Gasteiger partial charge is 0.310 e. The predicted octanol–water partition coefficient (Wildman–Crippen LogP) is 3.36. The highest BCUT2D eigenvalue weighted by molar-refractivity contribution is 5.93. The minimum Gasteiger partial charge on any atom is -0.508 e. The van der Waals surface area contributed by atoms with E-state index < -0.39 is 18.5 Å². The van der Waals surface area contributed by atoms with Crippen LogP contribution in [0.5, 0.6) is 5.75 Å². The summed E-state index contributed by atoms with van der Waals surface area (Å²) in [7, 11) is 0. The van der Waals surface area contributed by atoms with E-state index in [0.717, 1.165) is 11.4 Å². The van der Waals surface area contributed by atoms with E-state index in [0.29, 0.717) is 22.4 Å². The van der Waals surface area contributed by atoms with Crippen LogP contribution in [0, 0.1) is 6.92 Å². The number of fused-ring (bicyclic) bond motifs is 1. The zero-order valence-electron chi connectivity index (χ0n) is 16.2. The number of nitrogens with one attached hydrogen (secondary N) is 1. The molecule has 0 unspecified atom stereocenters. The fourth-order valence-electron chi connectivity index (χ4n) is 3.09. The predicted molar refractivity (Wildman–Crippen MR) is 109 cm³/mol. The number of nitrogens with zero attached hydrogens (tertiary/aromatic N) is 2. The van der Waals surface area contributed by atoms with Crippen molar-refractivity contribution in [3.8, 4) is 11.4 Å². The third-order valence-electron chi connectivity index (χ3n) is 4.44. The number of furan rings is 1. The van der Waals surface area contributed by atoms with Crippen molar-refractivity contribution in [1.82, 2.24) is 9.78 Å². The van der Waals surface area contributed by atoms with Crippen molar-refractivity contribution >= 4 is 28.7 Å². The van der Waals surface area contributed by atoms with Gasteiger partial charge >= 0.3 is 5.97 Å². The van der Waals surface area contributed by atoms with Crippen molar-refractivity contribution in [2.75, 3.05) is 11.9 Å². The zero-order chi connectivity index (χ0) is 21.1. The minimum atomic E-state index is -0.561. The van der Waals surface area contributed by atoms with E-state index in [2.05, 4.69) is 10.4 Å². The molecule has 0 atom stereocenters. The number of anilines is 1. The maximum Gasteiger partial charge on any atom is 0.310 e. The lowest BCUT2D eigenvalue weighted by atomic mass is 10.1. The first-order valence-corrected chi connectivity index (χ1v) is 9.26. The number of hydrogen-bond acceptors (Lipinski definition) is 6. The Morgan fingerprint density at radius 1 is 1.17 bits per heavy atom. The van der Waals surface area contributed by atoms with E-state index in [1.165, 1.54) is 18.4 Å². The van der Waals surface area contributed by atoms with Crippen LogP contribution >= 0.6 is 0 Å². The van der Waals surface area contributed by atoms with Crippen LogP contribution < -0.4 is 5.32 Å². The molecule has 0 radical (unpaired) electrons. The van der Waals surface area contributed by atoms with Gasteiger partial charge in [-0.2, -0.15) is 5.10 Å². The largest absolute Gasteiger partial charge is 0.508 e. The van der Waals surface area contributed by atoms with Gasteiger partial charge in [0.15, 0.2) is 6.61 Å². The first kappa shape index (κ1) is 19.3. The van der Waals surface area contributed by atoms with Gasteiger partial charge in [0.25, 0.3) is 5.91 Å². The highest BCUT2D eigenvalue weighted by atomic mass is 16.5. The monoisotopic (exact) mass is 405 g/mol. The number of phenolic OH excluding ortho intramolecular Hbond substituents is 1. The van der Waals surface area contributed by atoms with E-state index in [1.807, 2.05) is 37.3 Å². The molecule has 0 bridgehead atoms. The topological polar surface area (TPSA) is 107 Å². The van der Waals surface area contributed by atoms with Crippen molar-refractivity contribution in [3.05, 3.63) is 72.1 Å². The van der Waals surface area contributed by atoms with E-state index in [1.54, 1.807) is 16.8 Å². The number of phenols is 1. The number of esters is 1. The fourth-order valence-corrected chi connectivity index (χ4v) is 3.09. The molecule has 2 heterocycles. The lowest BCUT2D eigenvalue weighted by molar-refractivity contribution is -0.146. The molecule has 0 fully saturated rings. The molecule has 1 amide bonds. The molecule has 152 valence electrons. The van der Waals surface area contributed by atoms with Crippen LogP contribution in [0.1, 0.15) is 11.3 Å². The number of aryl methyl sites for hydroxylation is 1. The quantitative estimate of drug-likeness (QED) is 0.477. The molecule has 4 aromatic rings. The van der Waals surface area contributed by atoms with Crippen LogP contribution in [0.4, 0.5) is 5.82 Å². The average molecular weight is 405 g/mol. The number of aromatic nitrogens is 2. The van der Waals surface area contributed by atoms with E-state index in [9.17, 15) is 14.7 Å². The Morgan fingerprint density at radius 3 is 2.77 bits per heavy atom. The number of carbonyl (C=O) groups excluding carboxylic acids is 2. The number of ether oxygens (including phenoxy) is 1. The van der Waals surface area contributed by atoms with Crippen molar-refractivity contribution in [2.24, 2.45) is 0 Å². The maximum atomic E-state index is 12.3. The van der Waals surface area contributed by atoms with E-state index >= 15 is 0 Å². The van der Waals surface area contributed by atoms with Crippen LogP contribution in [-0.4, -0.2) is 33.4 Å². The van der Waals surface area contributed by atoms with Gasteiger partial charge in [0.05, 0.1) is 24.1 Å². The van der Waals surface area contributed by atoms with Crippen LogP contribution in [-0.2, 0) is 20.7 Å². The van der Waals surface area contributed by atoms with Crippen LogP contribution in [0.15, 0.2) is 65.3 Å². The minimum absolute atomic E-state index is 0.0495. The molecule has 0 aliphatic carbocycles. The molecule has 0 aliphatic rings. The lowest BCUT2D eigenvalue weighted by Gasteiger charge is -2.09. The molecule has 0 saturated carbocycles. The van der Waals surface area contributed by atoms with E-state index in [4.69, 9.17) is 9.15 Å². The first-order chi connectivity index (χ1) is 14.5. The van der Waals surface area contributed by atoms with Crippen molar-refractivity contribution in [2.45, 2.75) is 13.3 Å². The summed E-state index contributed by atoms with van der Waals surface area (Å²) in [6.07, 6.45) is 1.39. The van der Waals surface area contributed by atoms with Crippen LogP contribution in [0.25, 0.3) is 16.7 Å². The molecular formula is C22H19N3O5. The Bertz CT molecular complexity index is 1210. The fraction of sp³-hybridized carbons (Fsp3) is 0.136. The summed E-state index contributed by atoms with van der Waals surface area (Å²) in [5, 5.41) is 17.3. The van der Waals surface area contributed by atoms with Gasteiger partial charge in [-0.3, -0.25) is 9.59 Å². The third kappa shape index (κ3) is 4.17. The second-order valence-corrected chi connectivity index (χ2v) is 6.75. The lowest BCUT2D eigenvalue weighted by Crippen LogP contribution is -2.23. The molecule has 4 rings (SSSR count). The van der Waals surface area contributed by atoms with Crippen molar-refractivity contribution in [1.29, 1.82) is 0 Å². The van der Waals surface area contributed by atoms with Gasteiger partial charge in [-0.1, -0.05) is 18.2 Å². The zero-order valence-corrected chi connectivity index (χ0v) is 16.2. The summed E-state index contributed by atoms with van der Waals surface area (Å²) in [4.78, 5) is 24.4. The van der Waals surface area contributed by atoms with Gasteiger partial charge in [0.1, 0.15) is 17.2 Å². The molecular weight excluding hydrogens is 386 g/mol. The summed E-state index contributed by atoms with van der Waals surface area (Å²) in [5.41, 5.74) is 2.63. The second-order valence-electron chi connectivity index (χ2n) is 6.75. The second kappa shape index (κ2) is 8.12. The Kier molecular flexibility index (Phi) is 5.21.